The fraction of sp³-hybridized carbons (Fsp3) is 0.474. The van der Waals surface area contributed by atoms with Crippen molar-refractivity contribution < 1.29 is 32.3 Å². The number of amides is 3. The van der Waals surface area contributed by atoms with Gasteiger partial charge in [0, 0.05) is 38.3 Å². The predicted octanol–water partition coefficient (Wildman–Crippen LogP) is 0.794. The first kappa shape index (κ1) is 23.3. The summed E-state index contributed by atoms with van der Waals surface area (Å²) in [4.78, 5) is 49.1. The Bertz CT molecular complexity index is 940. The summed E-state index contributed by atoms with van der Waals surface area (Å²) in [5.41, 5.74) is 0.566. The highest BCUT2D eigenvalue weighted by molar-refractivity contribution is 7.91. The number of likely N-dealkylation sites (N-methyl/N-ethyl adjacent to an activating group) is 1. The van der Waals surface area contributed by atoms with Crippen LogP contribution in [0.3, 0.4) is 0 Å². The summed E-state index contributed by atoms with van der Waals surface area (Å²) >= 11 is 0. The maximum absolute atomic E-state index is 12.6. The molecule has 1 fully saturated rings. The lowest BCUT2D eigenvalue weighted by molar-refractivity contribution is -0.140. The highest BCUT2D eigenvalue weighted by Gasteiger charge is 2.35. The van der Waals surface area contributed by atoms with Gasteiger partial charge in [-0.3, -0.25) is 14.4 Å². The lowest BCUT2D eigenvalue weighted by Gasteiger charge is -2.26. The lowest BCUT2D eigenvalue weighted by Crippen LogP contribution is -2.44. The van der Waals surface area contributed by atoms with Crippen molar-refractivity contribution in [3.63, 3.8) is 0 Å². The number of carbonyl (C=O) groups is 4. The molecule has 1 saturated heterocycles. The topological polar surface area (TPSA) is 139 Å². The molecule has 0 saturated carbocycles. The second kappa shape index (κ2) is 9.24. The Morgan fingerprint density at radius 1 is 1.07 bits per heavy atom. The molecule has 164 valence electrons. The highest BCUT2D eigenvalue weighted by atomic mass is 32.2. The highest BCUT2D eigenvalue weighted by Crippen LogP contribution is 2.22. The van der Waals surface area contributed by atoms with E-state index >= 15 is 0 Å². The van der Waals surface area contributed by atoms with Crippen LogP contribution in [0.2, 0.25) is 0 Å². The van der Waals surface area contributed by atoms with Gasteiger partial charge in [0.1, 0.15) is 0 Å². The van der Waals surface area contributed by atoms with Crippen LogP contribution < -0.4 is 10.6 Å². The van der Waals surface area contributed by atoms with Gasteiger partial charge in [-0.15, -0.1) is 0 Å². The molecule has 0 aromatic heterocycles. The molecule has 1 aromatic carbocycles. The van der Waals surface area contributed by atoms with Gasteiger partial charge >= 0.3 is 5.97 Å². The van der Waals surface area contributed by atoms with E-state index in [1.807, 2.05) is 0 Å². The van der Waals surface area contributed by atoms with Gasteiger partial charge in [-0.25, -0.2) is 13.2 Å². The molecule has 0 radical (unpaired) electrons. The molecule has 11 heteroatoms. The van der Waals surface area contributed by atoms with Crippen LogP contribution >= 0.6 is 0 Å². The number of nitrogens with one attached hydrogen (secondary N) is 2. The quantitative estimate of drug-likeness (QED) is 0.625. The van der Waals surface area contributed by atoms with Gasteiger partial charge in [0.2, 0.25) is 11.8 Å². The second-order valence-corrected chi connectivity index (χ2v) is 9.44. The Morgan fingerprint density at radius 2 is 1.60 bits per heavy atom. The van der Waals surface area contributed by atoms with E-state index in [1.54, 1.807) is 0 Å². The molecule has 1 aliphatic rings. The summed E-state index contributed by atoms with van der Waals surface area (Å²) in [5, 5.41) is 5.05. The minimum atomic E-state index is -3.17. The van der Waals surface area contributed by atoms with Gasteiger partial charge in [-0.1, -0.05) is 0 Å². The van der Waals surface area contributed by atoms with Crippen molar-refractivity contribution in [2.45, 2.75) is 39.3 Å². The Hall–Kier alpha value is -2.95. The van der Waals surface area contributed by atoms with E-state index in [2.05, 4.69) is 10.6 Å². The molecule has 2 N–H and O–H groups in total. The molecule has 1 aliphatic heterocycles. The second-order valence-electron chi connectivity index (χ2n) is 7.21. The van der Waals surface area contributed by atoms with Crippen molar-refractivity contribution in [2.75, 3.05) is 29.2 Å². The number of hydrogen-bond acceptors (Lipinski definition) is 7. The number of esters is 1. The number of rotatable bonds is 6. The van der Waals surface area contributed by atoms with Crippen LogP contribution in [0.15, 0.2) is 18.2 Å². The van der Waals surface area contributed by atoms with Crippen LogP contribution in [0.1, 0.15) is 37.6 Å². The minimum absolute atomic E-state index is 0.0192. The smallest absolute Gasteiger partial charge is 0.339 e. The SMILES string of the molecule is CC(=O)Nc1cc(NC(C)=O)cc(C(=O)O[C@H](C)C(=O)N(C)[C@@H]2CCS(=O)(=O)C2)c1. The number of hydrogen-bond donors (Lipinski definition) is 2. The molecule has 2 atom stereocenters. The molecule has 0 aliphatic carbocycles. The monoisotopic (exact) mass is 439 g/mol. The first-order chi connectivity index (χ1) is 13.9. The van der Waals surface area contributed by atoms with Gasteiger partial charge in [0.05, 0.1) is 17.1 Å². The van der Waals surface area contributed by atoms with Gasteiger partial charge in [0.15, 0.2) is 15.9 Å². The van der Waals surface area contributed by atoms with Gasteiger partial charge in [-0.05, 0) is 31.5 Å². The fourth-order valence-electron chi connectivity index (χ4n) is 3.12. The van der Waals surface area contributed by atoms with Crippen molar-refractivity contribution in [3.8, 4) is 0 Å². The molecule has 10 nitrogen and oxygen atoms in total. The van der Waals surface area contributed by atoms with Crippen LogP contribution in [0, 0.1) is 0 Å². The van der Waals surface area contributed by atoms with E-state index in [0.717, 1.165) is 0 Å². The van der Waals surface area contributed by atoms with E-state index in [1.165, 1.54) is 50.9 Å². The number of carbonyl (C=O) groups excluding carboxylic acids is 4. The molecular formula is C19H25N3O7S. The summed E-state index contributed by atoms with van der Waals surface area (Å²) in [6.45, 7) is 3.98. The number of benzene rings is 1. The summed E-state index contributed by atoms with van der Waals surface area (Å²) < 4.78 is 28.5. The molecule has 0 spiro atoms. The molecule has 2 rings (SSSR count). The van der Waals surface area contributed by atoms with Crippen molar-refractivity contribution in [1.82, 2.24) is 4.90 Å². The number of anilines is 2. The summed E-state index contributed by atoms with van der Waals surface area (Å²) in [7, 11) is -1.69. The molecule has 0 bridgehead atoms. The maximum Gasteiger partial charge on any atom is 0.339 e. The van der Waals surface area contributed by atoms with Crippen molar-refractivity contribution in [3.05, 3.63) is 23.8 Å². The molecule has 1 aromatic rings. The summed E-state index contributed by atoms with van der Waals surface area (Å²) in [6, 6.07) is 3.74. The molecule has 30 heavy (non-hydrogen) atoms. The van der Waals surface area contributed by atoms with Crippen LogP contribution in [0.5, 0.6) is 0 Å². The van der Waals surface area contributed by atoms with Crippen molar-refractivity contribution in [2.24, 2.45) is 0 Å². The third-order valence-electron chi connectivity index (χ3n) is 4.54. The van der Waals surface area contributed by atoms with E-state index < -0.39 is 33.9 Å². The normalized spacial score (nSPS) is 18.2. The predicted molar refractivity (Wildman–Crippen MR) is 110 cm³/mol. The third-order valence-corrected chi connectivity index (χ3v) is 6.30. The summed E-state index contributed by atoms with van der Waals surface area (Å²) in [5.74, 6) is -2.19. The zero-order valence-electron chi connectivity index (χ0n) is 17.2. The molecule has 0 unspecified atom stereocenters. The van der Waals surface area contributed by atoms with E-state index in [0.29, 0.717) is 6.42 Å². The van der Waals surface area contributed by atoms with Crippen molar-refractivity contribution >= 4 is 44.9 Å². The van der Waals surface area contributed by atoms with E-state index in [4.69, 9.17) is 4.74 Å². The van der Waals surface area contributed by atoms with Crippen LogP contribution in [-0.4, -0.2) is 67.7 Å². The van der Waals surface area contributed by atoms with Crippen LogP contribution in [-0.2, 0) is 29.0 Å². The minimum Gasteiger partial charge on any atom is -0.449 e. The van der Waals surface area contributed by atoms with Crippen LogP contribution in [0.4, 0.5) is 11.4 Å². The maximum atomic E-state index is 12.6. The fourth-order valence-corrected chi connectivity index (χ4v) is 4.90. The first-order valence-corrected chi connectivity index (χ1v) is 11.1. The average molecular weight is 439 g/mol. The largest absolute Gasteiger partial charge is 0.449 e. The third kappa shape index (κ3) is 6.28. The zero-order valence-corrected chi connectivity index (χ0v) is 18.0. The lowest BCUT2D eigenvalue weighted by atomic mass is 10.1. The first-order valence-electron chi connectivity index (χ1n) is 9.26. The molecule has 1 heterocycles. The number of sulfone groups is 1. The summed E-state index contributed by atoms with van der Waals surface area (Å²) in [6.07, 6.45) is -0.816. The van der Waals surface area contributed by atoms with E-state index in [9.17, 15) is 27.6 Å². The Balaban J connectivity index is 2.14. The Morgan fingerprint density at radius 3 is 2.03 bits per heavy atom. The zero-order chi connectivity index (χ0) is 22.6. The number of ether oxygens (including phenoxy) is 1. The van der Waals surface area contributed by atoms with E-state index in [-0.39, 0.29) is 40.3 Å². The van der Waals surface area contributed by atoms with Crippen molar-refractivity contribution in [1.29, 1.82) is 0 Å². The standard InChI is InChI=1S/C19H25N3O7S/c1-11(18(25)22(4)17-5-6-30(27,28)10-17)29-19(26)14-7-15(20-12(2)23)9-16(8-14)21-13(3)24/h7-9,11,17H,5-6,10H2,1-4H3,(H,20,23)(H,21,24)/t11-,17-/m1/s1. The number of nitrogens with zero attached hydrogens (tertiary/aromatic N) is 1. The van der Waals surface area contributed by atoms with Gasteiger partial charge < -0.3 is 20.3 Å². The Kier molecular flexibility index (Phi) is 7.19. The van der Waals surface area contributed by atoms with Crippen LogP contribution in [0.25, 0.3) is 0 Å². The average Bonchev–Trinajstić information content (AvgIpc) is 2.98. The van der Waals surface area contributed by atoms with Gasteiger partial charge in [0.25, 0.3) is 5.91 Å². The molecular weight excluding hydrogens is 414 g/mol. The molecule has 3 amide bonds. The van der Waals surface area contributed by atoms with Gasteiger partial charge in [-0.2, -0.15) is 0 Å². The Labute approximate surface area is 174 Å².